The molecule has 2 saturated heterocycles. The first-order chi connectivity index (χ1) is 9.19. The molecular weight excluding hydrogens is 328 g/mol. The Morgan fingerprint density at radius 1 is 1.32 bits per heavy atom. The van der Waals surface area contributed by atoms with E-state index in [4.69, 9.17) is 9.47 Å². The van der Waals surface area contributed by atoms with Crippen LogP contribution in [0.15, 0.2) is 15.9 Å². The molecule has 19 heavy (non-hydrogen) atoms. The van der Waals surface area contributed by atoms with Gasteiger partial charge in [-0.1, -0.05) is 0 Å². The largest absolute Gasteiger partial charge is 0.381 e. The first kappa shape index (κ1) is 13.7. The summed E-state index contributed by atoms with van der Waals surface area (Å²) in [6.45, 7) is 2.21. The lowest BCUT2D eigenvalue weighted by atomic mass is 9.79. The van der Waals surface area contributed by atoms with Crippen molar-refractivity contribution in [2.45, 2.75) is 31.3 Å². The van der Waals surface area contributed by atoms with Crippen LogP contribution in [-0.2, 0) is 9.47 Å². The van der Waals surface area contributed by atoms with E-state index in [9.17, 15) is 4.79 Å². The van der Waals surface area contributed by atoms with Crippen LogP contribution in [0.4, 0.5) is 0 Å². The first-order valence-electron chi connectivity index (χ1n) is 6.70. The normalized spacial score (nSPS) is 26.5. The number of Topliss-reactive ketones (excluding diaryl/α,β-unsaturated/α-hetero) is 1. The van der Waals surface area contributed by atoms with E-state index < -0.39 is 0 Å². The van der Waals surface area contributed by atoms with Crippen molar-refractivity contribution < 1.29 is 14.3 Å². The molecule has 1 unspecified atom stereocenters. The lowest BCUT2D eigenvalue weighted by Gasteiger charge is -2.42. The fourth-order valence-electron chi connectivity index (χ4n) is 2.99. The van der Waals surface area contributed by atoms with E-state index in [-0.39, 0.29) is 17.3 Å². The Bertz CT molecular complexity index is 460. The van der Waals surface area contributed by atoms with Crippen molar-refractivity contribution in [1.29, 1.82) is 0 Å². The molecule has 104 valence electrons. The summed E-state index contributed by atoms with van der Waals surface area (Å²) < 4.78 is 12.4. The molecule has 0 aromatic carbocycles. The maximum Gasteiger partial charge on any atom is 0.176 e. The highest BCUT2D eigenvalue weighted by Gasteiger charge is 2.41. The minimum atomic E-state index is -0.106. The van der Waals surface area contributed by atoms with Crippen LogP contribution in [0.1, 0.15) is 35.4 Å². The van der Waals surface area contributed by atoms with Crippen molar-refractivity contribution >= 4 is 33.0 Å². The molecule has 1 aromatic rings. The number of carbonyl (C=O) groups is 1. The van der Waals surface area contributed by atoms with Gasteiger partial charge >= 0.3 is 0 Å². The number of halogens is 1. The number of rotatable bonds is 2. The molecule has 3 nitrogen and oxygen atoms in total. The van der Waals surface area contributed by atoms with Gasteiger partial charge in [-0.15, -0.1) is 11.3 Å². The maximum absolute atomic E-state index is 12.5. The number of ketones is 1. The van der Waals surface area contributed by atoms with E-state index in [0.717, 1.165) is 47.6 Å². The summed E-state index contributed by atoms with van der Waals surface area (Å²) in [6, 6.07) is 3.87. The topological polar surface area (TPSA) is 35.5 Å². The second-order valence-corrected chi connectivity index (χ2v) is 7.76. The number of thiophene rings is 1. The van der Waals surface area contributed by atoms with Gasteiger partial charge in [0.2, 0.25) is 0 Å². The van der Waals surface area contributed by atoms with Gasteiger partial charge in [0.25, 0.3) is 0 Å². The van der Waals surface area contributed by atoms with Gasteiger partial charge in [0.05, 0.1) is 14.3 Å². The molecule has 3 rings (SSSR count). The van der Waals surface area contributed by atoms with E-state index >= 15 is 0 Å². The van der Waals surface area contributed by atoms with Crippen LogP contribution in [0, 0.1) is 5.92 Å². The van der Waals surface area contributed by atoms with E-state index in [1.165, 1.54) is 11.3 Å². The molecule has 5 heteroatoms. The molecule has 0 amide bonds. The molecule has 2 aliphatic rings. The molecule has 2 aliphatic heterocycles. The molecule has 1 aromatic heterocycles. The average molecular weight is 345 g/mol. The van der Waals surface area contributed by atoms with Gasteiger partial charge in [0, 0.05) is 25.7 Å². The average Bonchev–Trinajstić information content (AvgIpc) is 2.85. The van der Waals surface area contributed by atoms with Gasteiger partial charge in [-0.25, -0.2) is 0 Å². The van der Waals surface area contributed by atoms with Crippen molar-refractivity contribution in [3.8, 4) is 0 Å². The van der Waals surface area contributed by atoms with Gasteiger partial charge in [-0.2, -0.15) is 0 Å². The Hall–Kier alpha value is -0.230. The molecule has 0 saturated carbocycles. The summed E-state index contributed by atoms with van der Waals surface area (Å²) in [5.41, 5.74) is -0.106. The van der Waals surface area contributed by atoms with Crippen molar-refractivity contribution in [2.24, 2.45) is 5.92 Å². The highest BCUT2D eigenvalue weighted by Crippen LogP contribution is 2.39. The van der Waals surface area contributed by atoms with Gasteiger partial charge in [0.15, 0.2) is 5.78 Å². The molecule has 0 N–H and O–H groups in total. The summed E-state index contributed by atoms with van der Waals surface area (Å²) in [7, 11) is 0. The molecule has 0 radical (unpaired) electrons. The van der Waals surface area contributed by atoms with E-state index in [0.29, 0.717) is 6.61 Å². The van der Waals surface area contributed by atoms with Gasteiger partial charge in [-0.3, -0.25) is 4.79 Å². The monoisotopic (exact) mass is 344 g/mol. The van der Waals surface area contributed by atoms with Crippen molar-refractivity contribution in [1.82, 2.24) is 0 Å². The minimum Gasteiger partial charge on any atom is -0.381 e. The second kappa shape index (κ2) is 5.64. The lowest BCUT2D eigenvalue weighted by Crippen LogP contribution is -2.45. The van der Waals surface area contributed by atoms with Crippen LogP contribution in [-0.4, -0.2) is 31.2 Å². The third kappa shape index (κ3) is 2.94. The van der Waals surface area contributed by atoms with E-state index in [1.807, 2.05) is 12.1 Å². The third-order valence-electron chi connectivity index (χ3n) is 4.08. The predicted molar refractivity (Wildman–Crippen MR) is 77.8 cm³/mol. The molecule has 1 atom stereocenters. The lowest BCUT2D eigenvalue weighted by molar-refractivity contribution is -0.142. The summed E-state index contributed by atoms with van der Waals surface area (Å²) in [6.07, 6.45) is 3.54. The first-order valence-corrected chi connectivity index (χ1v) is 8.31. The Kier molecular flexibility index (Phi) is 4.08. The van der Waals surface area contributed by atoms with Crippen molar-refractivity contribution in [2.75, 3.05) is 19.8 Å². The van der Waals surface area contributed by atoms with E-state index in [2.05, 4.69) is 15.9 Å². The standard InChI is InChI=1S/C14H17BrO3S/c15-12-2-1-11(19-12)13(16)10-3-6-18-14(9-10)4-7-17-8-5-14/h1-2,10H,3-9H2. The minimum absolute atomic E-state index is 0.106. The van der Waals surface area contributed by atoms with Crippen LogP contribution in [0.3, 0.4) is 0 Å². The fraction of sp³-hybridized carbons (Fsp3) is 0.643. The van der Waals surface area contributed by atoms with Crippen LogP contribution in [0.5, 0.6) is 0 Å². The summed E-state index contributed by atoms with van der Waals surface area (Å²) in [4.78, 5) is 13.4. The molecule has 3 heterocycles. The van der Waals surface area contributed by atoms with Crippen LogP contribution in [0.2, 0.25) is 0 Å². The van der Waals surface area contributed by atoms with Crippen LogP contribution in [0.25, 0.3) is 0 Å². The number of ether oxygens (including phenoxy) is 2. The van der Waals surface area contributed by atoms with Crippen molar-refractivity contribution in [3.63, 3.8) is 0 Å². The molecule has 0 aliphatic carbocycles. The highest BCUT2D eigenvalue weighted by molar-refractivity contribution is 9.11. The molecular formula is C14H17BrO3S. The van der Waals surface area contributed by atoms with Crippen LogP contribution < -0.4 is 0 Å². The number of hydrogen-bond donors (Lipinski definition) is 0. The van der Waals surface area contributed by atoms with Gasteiger partial charge < -0.3 is 9.47 Å². The zero-order chi connectivity index (χ0) is 13.3. The number of hydrogen-bond acceptors (Lipinski definition) is 4. The Balaban J connectivity index is 1.72. The maximum atomic E-state index is 12.5. The number of carbonyl (C=O) groups excluding carboxylic acids is 1. The van der Waals surface area contributed by atoms with Gasteiger partial charge in [-0.05, 0) is 53.7 Å². The smallest absolute Gasteiger partial charge is 0.176 e. The Morgan fingerprint density at radius 3 is 2.79 bits per heavy atom. The molecule has 2 fully saturated rings. The zero-order valence-electron chi connectivity index (χ0n) is 10.7. The highest BCUT2D eigenvalue weighted by atomic mass is 79.9. The molecule has 1 spiro atoms. The summed E-state index contributed by atoms with van der Waals surface area (Å²) >= 11 is 4.95. The van der Waals surface area contributed by atoms with E-state index in [1.54, 1.807) is 0 Å². The van der Waals surface area contributed by atoms with Crippen LogP contribution >= 0.6 is 27.3 Å². The second-order valence-electron chi connectivity index (χ2n) is 5.30. The predicted octanol–water partition coefficient (Wildman–Crippen LogP) is 3.67. The zero-order valence-corrected chi connectivity index (χ0v) is 13.1. The molecule has 0 bridgehead atoms. The Labute approximate surface area is 125 Å². The fourth-order valence-corrected chi connectivity index (χ4v) is 4.40. The third-order valence-corrected chi connectivity index (χ3v) is 5.72. The van der Waals surface area contributed by atoms with Crippen molar-refractivity contribution in [3.05, 3.63) is 20.8 Å². The summed E-state index contributed by atoms with van der Waals surface area (Å²) in [5.74, 6) is 0.391. The SMILES string of the molecule is O=C(c1ccc(Br)s1)C1CCOC2(CCOCC2)C1. The quantitative estimate of drug-likeness (QED) is 0.768. The Morgan fingerprint density at radius 2 is 2.11 bits per heavy atom. The summed E-state index contributed by atoms with van der Waals surface area (Å²) in [5, 5.41) is 0. The van der Waals surface area contributed by atoms with Gasteiger partial charge in [0.1, 0.15) is 0 Å².